The molecule has 0 spiro atoms. The van der Waals surface area contributed by atoms with Crippen molar-refractivity contribution in [2.75, 3.05) is 4.90 Å². The second-order valence-electron chi connectivity index (χ2n) is 12.0. The van der Waals surface area contributed by atoms with E-state index in [-0.39, 0.29) is 0 Å². The Labute approximate surface area is 284 Å². The van der Waals surface area contributed by atoms with Crippen molar-refractivity contribution in [3.8, 4) is 39.7 Å². The summed E-state index contributed by atoms with van der Waals surface area (Å²) in [6.07, 6.45) is 0. The van der Waals surface area contributed by atoms with E-state index in [1.165, 1.54) is 27.4 Å². The lowest BCUT2D eigenvalue weighted by Gasteiger charge is -2.26. The normalized spacial score (nSPS) is 11.3. The minimum Gasteiger partial charge on any atom is -0.334 e. The molecule has 7 aromatic carbocycles. The monoisotopic (exact) mass is 630 g/mol. The topological polar surface area (TPSA) is 47.1 Å². The zero-order valence-corrected chi connectivity index (χ0v) is 26.5. The van der Waals surface area contributed by atoms with E-state index < -0.39 is 0 Å². The molecule has 0 bridgehead atoms. The summed E-state index contributed by atoms with van der Waals surface area (Å²) in [5, 5.41) is 6.79. The van der Waals surface area contributed by atoms with Crippen molar-refractivity contribution in [1.82, 2.24) is 14.7 Å². The Morgan fingerprint density at radius 2 is 0.878 bits per heavy atom. The first-order valence-electron chi connectivity index (χ1n) is 16.3. The van der Waals surface area contributed by atoms with Gasteiger partial charge in [-0.25, -0.2) is 0 Å². The maximum Gasteiger partial charge on any atom is 0.258 e. The van der Waals surface area contributed by atoms with Gasteiger partial charge >= 0.3 is 0 Å². The fourth-order valence-corrected chi connectivity index (χ4v) is 6.63. The third kappa shape index (κ3) is 5.24. The van der Waals surface area contributed by atoms with Gasteiger partial charge in [-0.1, -0.05) is 114 Å². The molecule has 0 saturated heterocycles. The molecule has 5 heteroatoms. The van der Waals surface area contributed by atoms with E-state index in [1.54, 1.807) is 0 Å². The highest BCUT2D eigenvalue weighted by atomic mass is 16.5. The van der Waals surface area contributed by atoms with Crippen LogP contribution >= 0.6 is 0 Å². The van der Waals surface area contributed by atoms with Crippen molar-refractivity contribution in [1.29, 1.82) is 0 Å². The summed E-state index contributed by atoms with van der Waals surface area (Å²) in [5.41, 5.74) is 10.7. The molecule has 9 rings (SSSR count). The van der Waals surface area contributed by atoms with Gasteiger partial charge in [-0.05, 0) is 83.9 Å². The van der Waals surface area contributed by atoms with E-state index in [9.17, 15) is 0 Å². The number of anilines is 3. The third-order valence-electron chi connectivity index (χ3n) is 9.01. The molecule has 0 atom stereocenters. The summed E-state index contributed by atoms with van der Waals surface area (Å²) in [6, 6.07) is 63.2. The molecule has 0 amide bonds. The first-order chi connectivity index (χ1) is 24.3. The third-order valence-corrected chi connectivity index (χ3v) is 9.01. The SMILES string of the molecule is c1ccc(-c2ccc(-c3noc(-c4ccc(N(c5ccccc5)c5ccc(-n6c7ccccc7c7ccccc76)cc5)cc4)n3)cc2)cc1. The van der Waals surface area contributed by atoms with Crippen LogP contribution in [0.4, 0.5) is 17.1 Å². The van der Waals surface area contributed by atoms with E-state index in [0.29, 0.717) is 11.7 Å². The number of hydrogen-bond acceptors (Lipinski definition) is 4. The van der Waals surface area contributed by atoms with Crippen molar-refractivity contribution in [3.63, 3.8) is 0 Å². The Morgan fingerprint density at radius 3 is 1.51 bits per heavy atom. The van der Waals surface area contributed by atoms with Gasteiger partial charge in [-0.3, -0.25) is 0 Å². The van der Waals surface area contributed by atoms with Crippen LogP contribution in [0.15, 0.2) is 187 Å². The summed E-state index contributed by atoms with van der Waals surface area (Å²) in [6.45, 7) is 0. The predicted octanol–water partition coefficient (Wildman–Crippen LogP) is 11.6. The molecule has 0 fully saturated rings. The Morgan fingerprint density at radius 1 is 0.408 bits per heavy atom. The molecule has 0 radical (unpaired) electrons. The molecule has 0 aliphatic carbocycles. The number of hydrogen-bond donors (Lipinski definition) is 0. The van der Waals surface area contributed by atoms with Gasteiger partial charge in [0.1, 0.15) is 0 Å². The Kier molecular flexibility index (Phi) is 7.06. The Hall–Kier alpha value is -6.72. The lowest BCUT2D eigenvalue weighted by atomic mass is 10.0. The largest absolute Gasteiger partial charge is 0.334 e. The quantitative estimate of drug-likeness (QED) is 0.176. The van der Waals surface area contributed by atoms with Crippen LogP contribution in [0.5, 0.6) is 0 Å². The molecule has 9 aromatic rings. The van der Waals surface area contributed by atoms with E-state index in [4.69, 9.17) is 9.51 Å². The van der Waals surface area contributed by atoms with Crippen LogP contribution < -0.4 is 4.90 Å². The zero-order chi connectivity index (χ0) is 32.6. The maximum absolute atomic E-state index is 5.72. The second-order valence-corrected chi connectivity index (χ2v) is 12.0. The summed E-state index contributed by atoms with van der Waals surface area (Å²) in [4.78, 5) is 6.98. The standard InChI is InChI=1S/C44H30N4O/c1-3-11-31(12-4-1)32-19-21-33(22-20-32)43-45-44(49-46-43)34-23-25-36(26-24-34)47(35-13-5-2-6-14-35)37-27-29-38(30-28-37)48-41-17-9-7-15-39(41)40-16-8-10-18-42(40)48/h1-30H. The minimum absolute atomic E-state index is 0.482. The van der Waals surface area contributed by atoms with Crippen LogP contribution in [-0.4, -0.2) is 14.7 Å². The average molecular weight is 631 g/mol. The van der Waals surface area contributed by atoms with Crippen molar-refractivity contribution in [2.24, 2.45) is 0 Å². The highest BCUT2D eigenvalue weighted by Crippen LogP contribution is 2.37. The number of aromatic nitrogens is 3. The van der Waals surface area contributed by atoms with Crippen molar-refractivity contribution in [2.45, 2.75) is 0 Å². The van der Waals surface area contributed by atoms with Gasteiger partial charge in [-0.2, -0.15) is 4.98 Å². The maximum atomic E-state index is 5.72. The molecule has 2 aromatic heterocycles. The van der Waals surface area contributed by atoms with Crippen molar-refractivity contribution in [3.05, 3.63) is 182 Å². The smallest absolute Gasteiger partial charge is 0.258 e. The molecule has 0 aliphatic rings. The fourth-order valence-electron chi connectivity index (χ4n) is 6.63. The number of fused-ring (bicyclic) bond motifs is 3. The summed E-state index contributed by atoms with van der Waals surface area (Å²) < 4.78 is 8.06. The predicted molar refractivity (Wildman–Crippen MR) is 200 cm³/mol. The van der Waals surface area contributed by atoms with Gasteiger partial charge in [0.2, 0.25) is 5.82 Å². The summed E-state index contributed by atoms with van der Waals surface area (Å²) >= 11 is 0. The lowest BCUT2D eigenvalue weighted by molar-refractivity contribution is 0.432. The molecular formula is C44H30N4O. The van der Waals surface area contributed by atoms with Crippen LogP contribution in [0.2, 0.25) is 0 Å². The summed E-state index contributed by atoms with van der Waals surface area (Å²) in [7, 11) is 0. The second kappa shape index (κ2) is 12.1. The van der Waals surface area contributed by atoms with Gasteiger partial charge in [0.25, 0.3) is 5.89 Å². The molecule has 0 unspecified atom stereocenters. The van der Waals surface area contributed by atoms with Gasteiger partial charge < -0.3 is 14.0 Å². The van der Waals surface area contributed by atoms with E-state index in [2.05, 4.69) is 148 Å². The molecule has 0 N–H and O–H groups in total. The molecule has 5 nitrogen and oxygen atoms in total. The minimum atomic E-state index is 0.482. The average Bonchev–Trinajstić information content (AvgIpc) is 3.81. The molecule has 0 saturated carbocycles. The Bertz CT molecular complexity index is 2460. The van der Waals surface area contributed by atoms with E-state index in [0.717, 1.165) is 39.4 Å². The van der Waals surface area contributed by atoms with Crippen LogP contribution in [0.1, 0.15) is 0 Å². The number of nitrogens with zero attached hydrogens (tertiary/aromatic N) is 4. The van der Waals surface area contributed by atoms with E-state index >= 15 is 0 Å². The van der Waals surface area contributed by atoms with Crippen molar-refractivity contribution < 1.29 is 4.52 Å². The fraction of sp³-hybridized carbons (Fsp3) is 0. The van der Waals surface area contributed by atoms with Gasteiger partial charge in [-0.15, -0.1) is 0 Å². The van der Waals surface area contributed by atoms with Gasteiger partial charge in [0.15, 0.2) is 0 Å². The Balaban J connectivity index is 1.02. The van der Waals surface area contributed by atoms with Crippen LogP contribution in [0.25, 0.3) is 61.5 Å². The molecular weight excluding hydrogens is 601 g/mol. The van der Waals surface area contributed by atoms with Gasteiger partial charge in [0.05, 0.1) is 11.0 Å². The first kappa shape index (κ1) is 28.5. The zero-order valence-electron chi connectivity index (χ0n) is 26.5. The van der Waals surface area contributed by atoms with Crippen molar-refractivity contribution >= 4 is 38.9 Å². The highest BCUT2D eigenvalue weighted by Gasteiger charge is 2.16. The van der Waals surface area contributed by atoms with E-state index in [1.807, 2.05) is 48.5 Å². The number of para-hydroxylation sites is 3. The van der Waals surface area contributed by atoms with Crippen LogP contribution in [-0.2, 0) is 0 Å². The summed E-state index contributed by atoms with van der Waals surface area (Å²) in [5.74, 6) is 1.04. The molecule has 232 valence electrons. The molecule has 2 heterocycles. The first-order valence-corrected chi connectivity index (χ1v) is 16.3. The number of benzene rings is 7. The molecule has 0 aliphatic heterocycles. The number of rotatable bonds is 7. The van der Waals surface area contributed by atoms with Crippen LogP contribution in [0.3, 0.4) is 0 Å². The van der Waals surface area contributed by atoms with Crippen LogP contribution in [0, 0.1) is 0 Å². The highest BCUT2D eigenvalue weighted by molar-refractivity contribution is 6.09. The van der Waals surface area contributed by atoms with Gasteiger partial charge in [0, 0.05) is 44.6 Å². The molecule has 49 heavy (non-hydrogen) atoms. The lowest BCUT2D eigenvalue weighted by Crippen LogP contribution is -2.10.